The molecule has 104 valence electrons. The van der Waals surface area contributed by atoms with E-state index in [1.165, 1.54) is 7.11 Å². The molecule has 1 aromatic rings. The van der Waals surface area contributed by atoms with Gasteiger partial charge in [0.2, 0.25) is 0 Å². The van der Waals surface area contributed by atoms with Gasteiger partial charge in [-0.2, -0.15) is 0 Å². The highest BCUT2D eigenvalue weighted by molar-refractivity contribution is 7.85. The molecule has 0 radical (unpaired) electrons. The van der Waals surface area contributed by atoms with Crippen molar-refractivity contribution < 1.29 is 18.8 Å². The van der Waals surface area contributed by atoms with Gasteiger partial charge < -0.3 is 9.84 Å². The van der Waals surface area contributed by atoms with Crippen molar-refractivity contribution in [2.24, 2.45) is 0 Å². The summed E-state index contributed by atoms with van der Waals surface area (Å²) in [6.07, 6.45) is 0. The predicted molar refractivity (Wildman–Crippen MR) is 73.1 cm³/mol. The molecule has 1 fully saturated rings. The molecular weight excluding hydrogens is 266 g/mol. The molecule has 0 aromatic heterocycles. The number of rotatable bonds is 4. The maximum atomic E-state index is 11.3. The van der Waals surface area contributed by atoms with Gasteiger partial charge in [-0.15, -0.1) is 0 Å². The monoisotopic (exact) mass is 283 g/mol. The average molecular weight is 283 g/mol. The van der Waals surface area contributed by atoms with Crippen molar-refractivity contribution >= 4 is 16.8 Å². The number of carboxylic acid groups (broad SMARTS) is 1. The standard InChI is InChI=1S/C13H17NO4S/c1-18-12-3-2-10(8-11(12)13(15)16)9-14-4-6-19(17)7-5-14/h2-3,8H,4-7,9H2,1H3,(H,15,16). The molecule has 0 amide bonds. The minimum absolute atomic E-state index is 0.181. The van der Waals surface area contributed by atoms with Gasteiger partial charge in [-0.3, -0.25) is 9.11 Å². The highest BCUT2D eigenvalue weighted by Crippen LogP contribution is 2.21. The summed E-state index contributed by atoms with van der Waals surface area (Å²) in [5.74, 6) is 0.776. The summed E-state index contributed by atoms with van der Waals surface area (Å²) in [6.45, 7) is 2.27. The zero-order chi connectivity index (χ0) is 13.8. The Bertz CT molecular complexity index is 493. The Hall–Kier alpha value is -1.40. The molecule has 6 heteroatoms. The summed E-state index contributed by atoms with van der Waals surface area (Å²) >= 11 is 0. The van der Waals surface area contributed by atoms with Crippen LogP contribution in [0.15, 0.2) is 18.2 Å². The average Bonchev–Trinajstić information content (AvgIpc) is 2.41. The number of benzene rings is 1. The quantitative estimate of drug-likeness (QED) is 0.891. The first-order chi connectivity index (χ1) is 9.10. The van der Waals surface area contributed by atoms with Crippen molar-refractivity contribution in [1.82, 2.24) is 4.90 Å². The fourth-order valence-electron chi connectivity index (χ4n) is 2.11. The topological polar surface area (TPSA) is 66.8 Å². The van der Waals surface area contributed by atoms with Gasteiger partial charge in [0.25, 0.3) is 0 Å². The highest BCUT2D eigenvalue weighted by Gasteiger charge is 2.17. The fourth-order valence-corrected chi connectivity index (χ4v) is 3.24. The Morgan fingerprint density at radius 2 is 2.11 bits per heavy atom. The zero-order valence-corrected chi connectivity index (χ0v) is 11.6. The van der Waals surface area contributed by atoms with E-state index in [1.54, 1.807) is 12.1 Å². The summed E-state index contributed by atoms with van der Waals surface area (Å²) in [5, 5.41) is 9.13. The third-order valence-corrected chi connectivity index (χ3v) is 4.45. The third-order valence-electron chi connectivity index (χ3n) is 3.17. The first-order valence-corrected chi connectivity index (χ1v) is 7.56. The Balaban J connectivity index is 2.10. The molecular formula is C13H17NO4S. The van der Waals surface area contributed by atoms with Crippen LogP contribution in [0.3, 0.4) is 0 Å². The Kier molecular flexibility index (Phi) is 4.55. The second kappa shape index (κ2) is 6.16. The smallest absolute Gasteiger partial charge is 0.339 e. The van der Waals surface area contributed by atoms with Crippen molar-refractivity contribution in [3.8, 4) is 5.75 Å². The number of aromatic carboxylic acids is 1. The van der Waals surface area contributed by atoms with E-state index < -0.39 is 16.8 Å². The Labute approximate surface area is 114 Å². The zero-order valence-electron chi connectivity index (χ0n) is 10.8. The lowest BCUT2D eigenvalue weighted by atomic mass is 10.1. The SMILES string of the molecule is COc1ccc(CN2CCS(=O)CC2)cc1C(=O)O. The van der Waals surface area contributed by atoms with Crippen LogP contribution in [0.4, 0.5) is 0 Å². The largest absolute Gasteiger partial charge is 0.496 e. The number of ether oxygens (including phenoxy) is 1. The first kappa shape index (κ1) is 14.0. The van der Waals surface area contributed by atoms with Crippen molar-refractivity contribution in [3.63, 3.8) is 0 Å². The molecule has 0 saturated carbocycles. The van der Waals surface area contributed by atoms with Crippen LogP contribution in [0, 0.1) is 0 Å². The van der Waals surface area contributed by atoms with E-state index in [9.17, 15) is 9.00 Å². The lowest BCUT2D eigenvalue weighted by Gasteiger charge is -2.26. The normalized spacial score (nSPS) is 17.3. The molecule has 1 saturated heterocycles. The first-order valence-electron chi connectivity index (χ1n) is 6.07. The van der Waals surface area contributed by atoms with E-state index in [2.05, 4.69) is 4.90 Å². The van der Waals surface area contributed by atoms with Crippen molar-refractivity contribution in [2.75, 3.05) is 31.7 Å². The number of hydrogen-bond acceptors (Lipinski definition) is 4. The van der Waals surface area contributed by atoms with Gasteiger partial charge >= 0.3 is 5.97 Å². The van der Waals surface area contributed by atoms with Crippen LogP contribution in [-0.4, -0.2) is 51.9 Å². The van der Waals surface area contributed by atoms with Crippen LogP contribution in [0.25, 0.3) is 0 Å². The molecule has 0 aliphatic carbocycles. The van der Waals surface area contributed by atoms with Gasteiger partial charge in [-0.05, 0) is 17.7 Å². The van der Waals surface area contributed by atoms with E-state index in [4.69, 9.17) is 9.84 Å². The van der Waals surface area contributed by atoms with E-state index >= 15 is 0 Å². The van der Waals surface area contributed by atoms with E-state index in [1.807, 2.05) is 6.07 Å². The second-order valence-corrected chi connectivity index (χ2v) is 6.16. The molecule has 5 nitrogen and oxygen atoms in total. The number of nitrogens with zero attached hydrogens (tertiary/aromatic N) is 1. The maximum Gasteiger partial charge on any atom is 0.339 e. The fraction of sp³-hybridized carbons (Fsp3) is 0.462. The van der Waals surface area contributed by atoms with Gasteiger partial charge in [0.1, 0.15) is 11.3 Å². The number of hydrogen-bond donors (Lipinski definition) is 1. The van der Waals surface area contributed by atoms with Crippen LogP contribution in [0.2, 0.25) is 0 Å². The van der Waals surface area contributed by atoms with Crippen LogP contribution in [0.5, 0.6) is 5.75 Å². The lowest BCUT2D eigenvalue weighted by molar-refractivity contribution is 0.0693. The molecule has 1 aromatic carbocycles. The van der Waals surface area contributed by atoms with Crippen LogP contribution < -0.4 is 4.74 Å². The summed E-state index contributed by atoms with van der Waals surface area (Å²) in [7, 11) is 0.768. The summed E-state index contributed by atoms with van der Waals surface area (Å²) in [6, 6.07) is 5.20. The van der Waals surface area contributed by atoms with Gasteiger partial charge in [-0.25, -0.2) is 4.79 Å². The molecule has 1 aliphatic rings. The van der Waals surface area contributed by atoms with Crippen molar-refractivity contribution in [1.29, 1.82) is 0 Å². The Morgan fingerprint density at radius 3 is 2.68 bits per heavy atom. The predicted octanol–water partition coefficient (Wildman–Crippen LogP) is 0.958. The van der Waals surface area contributed by atoms with E-state index in [0.717, 1.165) is 18.7 Å². The number of carboxylic acids is 1. The molecule has 1 heterocycles. The summed E-state index contributed by atoms with van der Waals surface area (Å²) < 4.78 is 16.3. The molecule has 2 rings (SSSR count). The maximum absolute atomic E-state index is 11.3. The highest BCUT2D eigenvalue weighted by atomic mass is 32.2. The van der Waals surface area contributed by atoms with Crippen LogP contribution in [0.1, 0.15) is 15.9 Å². The molecule has 0 spiro atoms. The van der Waals surface area contributed by atoms with Gasteiger partial charge in [0, 0.05) is 41.9 Å². The van der Waals surface area contributed by atoms with Crippen molar-refractivity contribution in [3.05, 3.63) is 29.3 Å². The van der Waals surface area contributed by atoms with Crippen LogP contribution in [-0.2, 0) is 17.3 Å². The van der Waals surface area contributed by atoms with E-state index in [-0.39, 0.29) is 5.56 Å². The van der Waals surface area contributed by atoms with Crippen molar-refractivity contribution in [2.45, 2.75) is 6.54 Å². The number of methoxy groups -OCH3 is 1. The van der Waals surface area contributed by atoms with Gasteiger partial charge in [-0.1, -0.05) is 6.07 Å². The van der Waals surface area contributed by atoms with Gasteiger partial charge in [0.05, 0.1) is 7.11 Å². The molecule has 0 unspecified atom stereocenters. The summed E-state index contributed by atoms with van der Waals surface area (Å²) in [4.78, 5) is 13.3. The molecule has 0 atom stereocenters. The lowest BCUT2D eigenvalue weighted by Crippen LogP contribution is -2.37. The molecule has 19 heavy (non-hydrogen) atoms. The molecule has 1 N–H and O–H groups in total. The molecule has 0 bridgehead atoms. The minimum Gasteiger partial charge on any atom is -0.496 e. The minimum atomic E-state index is -0.988. The number of carbonyl (C=O) groups is 1. The molecule has 1 aliphatic heterocycles. The third kappa shape index (κ3) is 3.54. The van der Waals surface area contributed by atoms with E-state index in [0.29, 0.717) is 23.8 Å². The van der Waals surface area contributed by atoms with Gasteiger partial charge in [0.15, 0.2) is 0 Å². The Morgan fingerprint density at radius 1 is 1.42 bits per heavy atom. The second-order valence-electron chi connectivity index (χ2n) is 4.46. The van der Waals surface area contributed by atoms with Crippen LogP contribution >= 0.6 is 0 Å². The summed E-state index contributed by atoms with van der Waals surface area (Å²) in [5.41, 5.74) is 1.12.